The van der Waals surface area contributed by atoms with Crippen molar-refractivity contribution in [1.82, 2.24) is 10.6 Å². The number of hydrogen-bond acceptors (Lipinski definition) is 2. The summed E-state index contributed by atoms with van der Waals surface area (Å²) in [4.78, 5) is 23.2. The number of carbonyl (C=O) groups excluding carboxylic acids is 1. The van der Waals surface area contributed by atoms with Crippen LogP contribution >= 0.6 is 15.9 Å². The third kappa shape index (κ3) is 5.38. The predicted molar refractivity (Wildman–Crippen MR) is 85.1 cm³/mol. The first-order valence-electron chi connectivity index (χ1n) is 6.66. The van der Waals surface area contributed by atoms with Crippen LogP contribution in [0.2, 0.25) is 0 Å². The van der Waals surface area contributed by atoms with Crippen molar-refractivity contribution in [3.8, 4) is 0 Å². The Labute approximate surface area is 133 Å². The molecule has 0 aromatic heterocycles. The minimum absolute atomic E-state index is 0.225. The van der Waals surface area contributed by atoms with Crippen LogP contribution < -0.4 is 10.6 Å². The van der Waals surface area contributed by atoms with Gasteiger partial charge in [0.25, 0.3) is 0 Å². The second-order valence-electron chi connectivity index (χ2n) is 6.03. The predicted octanol–water partition coefficient (Wildman–Crippen LogP) is 3.31. The van der Waals surface area contributed by atoms with E-state index >= 15 is 0 Å². The molecule has 1 aromatic rings. The molecule has 0 aliphatic heterocycles. The number of carbonyl (C=O) groups is 2. The quantitative estimate of drug-likeness (QED) is 0.774. The molecular weight excluding hydrogens is 336 g/mol. The fourth-order valence-corrected chi connectivity index (χ4v) is 2.29. The third-order valence-electron chi connectivity index (χ3n) is 3.08. The summed E-state index contributed by atoms with van der Waals surface area (Å²) in [7, 11) is 0. The minimum atomic E-state index is -1.05. The highest BCUT2D eigenvalue weighted by atomic mass is 79.9. The molecule has 5 nitrogen and oxygen atoms in total. The van der Waals surface area contributed by atoms with Gasteiger partial charge in [0.15, 0.2) is 0 Å². The molecular formula is C15H21BrN2O3. The first-order valence-corrected chi connectivity index (χ1v) is 7.46. The lowest BCUT2D eigenvalue weighted by Crippen LogP contribution is -2.52. The van der Waals surface area contributed by atoms with Gasteiger partial charge in [0, 0.05) is 4.47 Å². The summed E-state index contributed by atoms with van der Waals surface area (Å²) in [6.45, 7) is 7.14. The van der Waals surface area contributed by atoms with Gasteiger partial charge in [-0.25, -0.2) is 9.59 Å². The van der Waals surface area contributed by atoms with Gasteiger partial charge in [-0.05, 0) is 30.0 Å². The Morgan fingerprint density at radius 3 is 2.33 bits per heavy atom. The zero-order chi connectivity index (χ0) is 16.2. The topological polar surface area (TPSA) is 78.4 Å². The van der Waals surface area contributed by atoms with E-state index in [1.165, 1.54) is 0 Å². The summed E-state index contributed by atoms with van der Waals surface area (Å²) in [6.07, 6.45) is 0. The molecule has 2 atom stereocenters. The first-order chi connectivity index (χ1) is 9.61. The van der Waals surface area contributed by atoms with E-state index in [-0.39, 0.29) is 6.04 Å². The molecule has 0 saturated carbocycles. The van der Waals surface area contributed by atoms with Crippen LogP contribution in [0.1, 0.15) is 39.3 Å². The van der Waals surface area contributed by atoms with Crippen LogP contribution in [0.5, 0.6) is 0 Å². The first kappa shape index (κ1) is 17.5. The van der Waals surface area contributed by atoms with Crippen molar-refractivity contribution in [3.05, 3.63) is 34.3 Å². The Bertz CT molecular complexity index is 526. The Kier molecular flexibility index (Phi) is 5.78. The van der Waals surface area contributed by atoms with Gasteiger partial charge >= 0.3 is 12.0 Å². The molecule has 6 heteroatoms. The molecule has 0 heterocycles. The maximum Gasteiger partial charge on any atom is 0.326 e. The third-order valence-corrected chi connectivity index (χ3v) is 3.58. The van der Waals surface area contributed by atoms with Crippen molar-refractivity contribution >= 4 is 27.9 Å². The Balaban J connectivity index is 2.70. The molecule has 0 aliphatic rings. The zero-order valence-electron chi connectivity index (χ0n) is 12.6. The van der Waals surface area contributed by atoms with Crippen molar-refractivity contribution in [1.29, 1.82) is 0 Å². The summed E-state index contributed by atoms with van der Waals surface area (Å²) in [5.41, 5.74) is 0.365. The number of hydrogen-bond donors (Lipinski definition) is 3. The summed E-state index contributed by atoms with van der Waals surface area (Å²) in [6, 6.07) is 5.91. The average molecular weight is 357 g/mol. The van der Waals surface area contributed by atoms with E-state index in [1.54, 1.807) is 20.8 Å². The molecule has 116 valence electrons. The smallest absolute Gasteiger partial charge is 0.326 e. The lowest BCUT2D eigenvalue weighted by molar-refractivity contribution is -0.141. The molecule has 1 rings (SSSR count). The van der Waals surface area contributed by atoms with Gasteiger partial charge in [0.2, 0.25) is 0 Å². The van der Waals surface area contributed by atoms with Crippen LogP contribution in [0.4, 0.5) is 4.79 Å². The largest absolute Gasteiger partial charge is 0.480 e. The number of carboxylic acids is 1. The zero-order valence-corrected chi connectivity index (χ0v) is 14.2. The van der Waals surface area contributed by atoms with E-state index in [0.29, 0.717) is 0 Å². The Morgan fingerprint density at radius 2 is 1.86 bits per heavy atom. The number of rotatable bonds is 4. The fraction of sp³-hybridized carbons (Fsp3) is 0.467. The van der Waals surface area contributed by atoms with Crippen LogP contribution in [-0.2, 0) is 4.79 Å². The maximum absolute atomic E-state index is 12.0. The molecule has 0 fully saturated rings. The average Bonchev–Trinajstić information content (AvgIpc) is 2.34. The molecule has 0 saturated heterocycles. The van der Waals surface area contributed by atoms with Gasteiger partial charge in [-0.15, -0.1) is 0 Å². The lowest BCUT2D eigenvalue weighted by Gasteiger charge is -2.28. The number of aliphatic carboxylic acids is 1. The molecule has 0 aliphatic carbocycles. The number of halogens is 1. The highest BCUT2D eigenvalue weighted by Crippen LogP contribution is 2.20. The van der Waals surface area contributed by atoms with Gasteiger partial charge < -0.3 is 15.7 Å². The maximum atomic E-state index is 12.0. The molecule has 21 heavy (non-hydrogen) atoms. The molecule has 2 amide bonds. The highest BCUT2D eigenvalue weighted by molar-refractivity contribution is 9.10. The fourth-order valence-electron chi connectivity index (χ4n) is 1.88. The molecule has 0 radical (unpaired) electrons. The van der Waals surface area contributed by atoms with Crippen molar-refractivity contribution in [2.45, 2.75) is 39.8 Å². The van der Waals surface area contributed by atoms with Crippen LogP contribution in [0.3, 0.4) is 0 Å². The van der Waals surface area contributed by atoms with Gasteiger partial charge in [-0.2, -0.15) is 0 Å². The van der Waals surface area contributed by atoms with Crippen molar-refractivity contribution < 1.29 is 14.7 Å². The standard InChI is InChI=1S/C15H21BrN2O3/c1-9(10-6-5-7-11(16)8-10)17-14(21)18-12(13(19)20)15(2,3)4/h5-9,12H,1-4H3,(H,19,20)(H2,17,18,21)/t9?,12-/m0/s1. The number of amides is 2. The highest BCUT2D eigenvalue weighted by Gasteiger charge is 2.32. The van der Waals surface area contributed by atoms with E-state index in [1.807, 2.05) is 31.2 Å². The van der Waals surface area contributed by atoms with E-state index in [4.69, 9.17) is 0 Å². The van der Waals surface area contributed by atoms with Crippen molar-refractivity contribution in [3.63, 3.8) is 0 Å². The van der Waals surface area contributed by atoms with Gasteiger partial charge in [0.05, 0.1) is 6.04 Å². The van der Waals surface area contributed by atoms with Crippen LogP contribution in [-0.4, -0.2) is 23.1 Å². The minimum Gasteiger partial charge on any atom is -0.480 e. The molecule has 1 aromatic carbocycles. The summed E-state index contributed by atoms with van der Waals surface area (Å²) in [5.74, 6) is -1.05. The normalized spacial score (nSPS) is 14.1. The van der Waals surface area contributed by atoms with Crippen LogP contribution in [0.15, 0.2) is 28.7 Å². The lowest BCUT2D eigenvalue weighted by atomic mass is 9.87. The number of nitrogens with one attached hydrogen (secondary N) is 2. The summed E-state index contributed by atoms with van der Waals surface area (Å²) < 4.78 is 0.923. The molecule has 3 N–H and O–H groups in total. The number of carboxylic acid groups (broad SMARTS) is 1. The van der Waals surface area contributed by atoms with E-state index < -0.39 is 23.5 Å². The second-order valence-corrected chi connectivity index (χ2v) is 6.95. The SMILES string of the molecule is CC(NC(=O)N[C@@H](C(=O)O)C(C)(C)C)c1cccc(Br)c1. The van der Waals surface area contributed by atoms with Crippen LogP contribution in [0, 0.1) is 5.41 Å². The Morgan fingerprint density at radius 1 is 1.24 bits per heavy atom. The molecule has 0 bridgehead atoms. The monoisotopic (exact) mass is 356 g/mol. The van der Waals surface area contributed by atoms with Gasteiger partial charge in [-0.1, -0.05) is 48.8 Å². The van der Waals surface area contributed by atoms with E-state index in [2.05, 4.69) is 26.6 Å². The number of urea groups is 1. The van der Waals surface area contributed by atoms with Gasteiger partial charge in [-0.3, -0.25) is 0 Å². The molecule has 1 unspecified atom stereocenters. The second kappa shape index (κ2) is 6.93. The summed E-state index contributed by atoms with van der Waals surface area (Å²) in [5, 5.41) is 14.5. The van der Waals surface area contributed by atoms with Gasteiger partial charge in [0.1, 0.15) is 6.04 Å². The van der Waals surface area contributed by atoms with Crippen LogP contribution in [0.25, 0.3) is 0 Å². The Hall–Kier alpha value is -1.56. The van der Waals surface area contributed by atoms with Crippen molar-refractivity contribution in [2.75, 3.05) is 0 Å². The van der Waals surface area contributed by atoms with Crippen molar-refractivity contribution in [2.24, 2.45) is 5.41 Å². The number of benzene rings is 1. The molecule has 0 spiro atoms. The summed E-state index contributed by atoms with van der Waals surface area (Å²) >= 11 is 3.38. The van der Waals surface area contributed by atoms with E-state index in [9.17, 15) is 14.7 Å². The van der Waals surface area contributed by atoms with E-state index in [0.717, 1.165) is 10.0 Å².